The van der Waals surface area contributed by atoms with Gasteiger partial charge in [0.2, 0.25) is 0 Å². The van der Waals surface area contributed by atoms with Crippen LogP contribution < -0.4 is 5.73 Å². The molecule has 2 aromatic heterocycles. The molecule has 1 aliphatic heterocycles. The average Bonchev–Trinajstić information content (AvgIpc) is 3.54. The predicted octanol–water partition coefficient (Wildman–Crippen LogP) is 4.61. The summed E-state index contributed by atoms with van der Waals surface area (Å²) in [5.41, 5.74) is 5.58. The fourth-order valence-corrected chi connectivity index (χ4v) is 5.88. The number of carbonyl (C=O) groups is 3. The maximum atomic E-state index is 13.6. The molecular weight excluding hydrogens is 693 g/mol. The topological polar surface area (TPSA) is 158 Å². The van der Waals surface area contributed by atoms with Gasteiger partial charge >= 0.3 is 17.9 Å². The molecule has 12 nitrogen and oxygen atoms in total. The highest BCUT2D eigenvalue weighted by molar-refractivity contribution is 14.1. The van der Waals surface area contributed by atoms with Gasteiger partial charge in [-0.1, -0.05) is 54.6 Å². The quantitative estimate of drug-likeness (QED) is 0.136. The van der Waals surface area contributed by atoms with E-state index in [2.05, 4.69) is 15.1 Å². The van der Waals surface area contributed by atoms with Gasteiger partial charge in [0.1, 0.15) is 28.6 Å². The molecule has 13 heteroatoms. The molecule has 45 heavy (non-hydrogen) atoms. The van der Waals surface area contributed by atoms with E-state index in [4.69, 9.17) is 24.7 Å². The second-order valence-corrected chi connectivity index (χ2v) is 11.3. The molecule has 3 heterocycles. The fraction of sp³-hybridized carbons (Fsp3) is 0.188. The molecule has 228 valence electrons. The Hall–Kier alpha value is -4.89. The molecule has 1 saturated heterocycles. The summed E-state index contributed by atoms with van der Waals surface area (Å²) >= 11 is 2.00. The number of fused-ring (bicyclic) bond motifs is 1. The molecule has 1 aliphatic rings. The molecule has 0 radical (unpaired) electrons. The van der Waals surface area contributed by atoms with Crippen molar-refractivity contribution in [2.75, 3.05) is 12.3 Å². The van der Waals surface area contributed by atoms with Gasteiger partial charge in [-0.15, -0.1) is 0 Å². The number of halogens is 1. The normalized spacial score (nSPS) is 20.9. The van der Waals surface area contributed by atoms with Crippen LogP contribution in [0.5, 0.6) is 0 Å². The number of aromatic nitrogens is 4. The van der Waals surface area contributed by atoms with Crippen molar-refractivity contribution in [3.63, 3.8) is 0 Å². The molecule has 0 saturated carbocycles. The van der Waals surface area contributed by atoms with Gasteiger partial charge in [-0.25, -0.2) is 29.0 Å². The Labute approximate surface area is 270 Å². The first-order valence-electron chi connectivity index (χ1n) is 13.8. The van der Waals surface area contributed by atoms with Gasteiger partial charge in [0.25, 0.3) is 0 Å². The maximum Gasteiger partial charge on any atom is 0.338 e. The van der Waals surface area contributed by atoms with E-state index >= 15 is 0 Å². The lowest BCUT2D eigenvalue weighted by Crippen LogP contribution is -2.50. The van der Waals surface area contributed by atoms with E-state index in [1.807, 2.05) is 22.6 Å². The molecule has 0 spiro atoms. The van der Waals surface area contributed by atoms with Crippen molar-refractivity contribution in [1.82, 2.24) is 19.7 Å². The second kappa shape index (κ2) is 12.6. The third-order valence-electron chi connectivity index (χ3n) is 7.35. The zero-order valence-electron chi connectivity index (χ0n) is 23.8. The molecule has 0 bridgehead atoms. The number of carbonyl (C=O) groups excluding carboxylic acids is 3. The molecule has 6 rings (SSSR count). The zero-order valence-corrected chi connectivity index (χ0v) is 25.9. The highest BCUT2D eigenvalue weighted by Gasteiger charge is 2.61. The van der Waals surface area contributed by atoms with E-state index < -0.39 is 41.9 Å². The Bertz CT molecular complexity index is 1860. The molecule has 1 fully saturated rings. The average molecular weight is 719 g/mol. The molecule has 5 aromatic rings. The highest BCUT2D eigenvalue weighted by atomic mass is 127. The predicted molar refractivity (Wildman–Crippen MR) is 169 cm³/mol. The van der Waals surface area contributed by atoms with E-state index in [0.29, 0.717) is 20.3 Å². The zero-order chi connectivity index (χ0) is 31.6. The number of esters is 3. The Morgan fingerprint density at radius 2 is 1.42 bits per heavy atom. The Morgan fingerprint density at radius 3 is 2.02 bits per heavy atom. The van der Waals surface area contributed by atoms with Crippen molar-refractivity contribution in [2.45, 2.75) is 31.0 Å². The van der Waals surface area contributed by atoms with Crippen molar-refractivity contribution >= 4 is 57.4 Å². The monoisotopic (exact) mass is 719 g/mol. The number of nitrogens with two attached hydrogens (primary N) is 1. The minimum Gasteiger partial charge on any atom is -0.459 e. The van der Waals surface area contributed by atoms with Crippen LogP contribution in [0, 0.1) is 3.70 Å². The van der Waals surface area contributed by atoms with Crippen LogP contribution in [-0.4, -0.2) is 62.1 Å². The molecular formula is C32H26IN5O7. The highest BCUT2D eigenvalue weighted by Crippen LogP contribution is 2.45. The SMILES string of the molecule is C[C@]1(OC(=O)c2ccccc2)C(n2nc(I)c3c(N)ncnc32)O[C@H](COC(=O)c2ccccc2)[C@H]1OC(=O)c1ccccc1. The van der Waals surface area contributed by atoms with Crippen molar-refractivity contribution in [3.05, 3.63) is 118 Å². The number of ether oxygens (including phenoxy) is 4. The van der Waals surface area contributed by atoms with E-state index in [9.17, 15) is 14.4 Å². The maximum absolute atomic E-state index is 13.6. The number of anilines is 1. The van der Waals surface area contributed by atoms with Crippen molar-refractivity contribution in [3.8, 4) is 0 Å². The lowest BCUT2D eigenvalue weighted by atomic mass is 9.95. The summed E-state index contributed by atoms with van der Waals surface area (Å²) in [5.74, 6) is -1.82. The molecule has 3 aromatic carbocycles. The number of hydrogen-bond donors (Lipinski definition) is 1. The van der Waals surface area contributed by atoms with Gasteiger partial charge in [-0.2, -0.15) is 5.10 Å². The van der Waals surface area contributed by atoms with Gasteiger partial charge in [0.15, 0.2) is 23.6 Å². The smallest absolute Gasteiger partial charge is 0.338 e. The molecule has 1 unspecified atom stereocenters. The Balaban J connectivity index is 1.43. The van der Waals surface area contributed by atoms with E-state index in [1.165, 1.54) is 11.0 Å². The van der Waals surface area contributed by atoms with Crippen molar-refractivity contribution in [2.24, 2.45) is 0 Å². The van der Waals surface area contributed by atoms with Crippen LogP contribution >= 0.6 is 22.6 Å². The van der Waals surface area contributed by atoms with E-state index in [0.717, 1.165) is 0 Å². The van der Waals surface area contributed by atoms with E-state index in [-0.39, 0.29) is 23.6 Å². The van der Waals surface area contributed by atoms with Crippen LogP contribution in [0.1, 0.15) is 44.2 Å². The van der Waals surface area contributed by atoms with Gasteiger partial charge < -0.3 is 24.7 Å². The van der Waals surface area contributed by atoms with E-state index in [1.54, 1.807) is 97.9 Å². The van der Waals surface area contributed by atoms with Gasteiger partial charge in [-0.3, -0.25) is 0 Å². The first-order chi connectivity index (χ1) is 21.8. The van der Waals surface area contributed by atoms with Crippen molar-refractivity contribution < 1.29 is 33.3 Å². The summed E-state index contributed by atoms with van der Waals surface area (Å²) in [6.45, 7) is 1.23. The van der Waals surface area contributed by atoms with Crippen LogP contribution in [0.3, 0.4) is 0 Å². The Morgan fingerprint density at radius 1 is 0.867 bits per heavy atom. The van der Waals surface area contributed by atoms with Crippen molar-refractivity contribution in [1.29, 1.82) is 0 Å². The number of nitrogens with zero attached hydrogens (tertiary/aromatic N) is 4. The van der Waals surface area contributed by atoms with Crippen LogP contribution in [0.25, 0.3) is 11.0 Å². The summed E-state index contributed by atoms with van der Waals surface area (Å²) in [6, 6.07) is 25.1. The fourth-order valence-electron chi connectivity index (χ4n) is 5.13. The molecule has 0 amide bonds. The summed E-state index contributed by atoms with van der Waals surface area (Å²) in [4.78, 5) is 48.4. The number of nitrogen functional groups attached to an aromatic ring is 1. The largest absolute Gasteiger partial charge is 0.459 e. The van der Waals surface area contributed by atoms with Crippen LogP contribution in [0.2, 0.25) is 0 Å². The standard InChI is InChI=1S/C32H26IN5O7/c1-32(45-30(41)21-15-9-4-10-16-21)24(44-29(40)20-13-7-3-8-14-20)22(17-42-28(39)19-11-5-2-6-12-19)43-31(32)38-27-23(25(33)37-38)26(34)35-18-36-27/h2-16,18,22,24,31H,17H2,1H3,(H2,34,35,36)/t22-,24-,31?,32-/m1/s1. The summed E-state index contributed by atoms with van der Waals surface area (Å²) < 4.78 is 26.2. The lowest BCUT2D eigenvalue weighted by molar-refractivity contribution is -0.112. The van der Waals surface area contributed by atoms with Gasteiger partial charge in [0.05, 0.1) is 22.1 Å². The molecule has 2 N–H and O–H groups in total. The first kappa shape index (κ1) is 30.1. The number of rotatable bonds is 8. The minimum absolute atomic E-state index is 0.192. The summed E-state index contributed by atoms with van der Waals surface area (Å²) in [6.07, 6.45) is -2.30. The second-order valence-electron chi connectivity index (χ2n) is 10.3. The summed E-state index contributed by atoms with van der Waals surface area (Å²) in [7, 11) is 0. The Kier molecular flexibility index (Phi) is 8.45. The number of benzene rings is 3. The van der Waals surface area contributed by atoms with Gasteiger partial charge in [0, 0.05) is 0 Å². The van der Waals surface area contributed by atoms with Gasteiger partial charge in [-0.05, 0) is 65.9 Å². The van der Waals surface area contributed by atoms with Crippen LogP contribution in [0.15, 0.2) is 97.3 Å². The third-order valence-corrected chi connectivity index (χ3v) is 8.10. The molecule has 4 atom stereocenters. The number of hydrogen-bond acceptors (Lipinski definition) is 11. The van der Waals surface area contributed by atoms with Crippen LogP contribution in [-0.2, 0) is 18.9 Å². The third kappa shape index (κ3) is 5.95. The first-order valence-corrected chi connectivity index (χ1v) is 14.9. The summed E-state index contributed by atoms with van der Waals surface area (Å²) in [5, 5.41) is 5.08. The minimum atomic E-state index is -1.72. The molecule has 0 aliphatic carbocycles. The lowest BCUT2D eigenvalue weighted by Gasteiger charge is -2.34. The van der Waals surface area contributed by atoms with Crippen LogP contribution in [0.4, 0.5) is 5.82 Å².